The molecule has 2 rings (SSSR count). The molecule has 2 aromatic rings. The summed E-state index contributed by atoms with van der Waals surface area (Å²) in [4.78, 5) is 9.00. The maximum Gasteiger partial charge on any atom is 0.138 e. The number of nitrogens with one attached hydrogen (secondary N) is 2. The van der Waals surface area contributed by atoms with Crippen molar-refractivity contribution < 1.29 is 4.39 Å². The average molecular weight is 353 g/mol. The predicted octanol–water partition coefficient (Wildman–Crippen LogP) is 4.46. The topological polar surface area (TPSA) is 49.8 Å². The lowest BCUT2D eigenvalue weighted by atomic mass is 9.96. The van der Waals surface area contributed by atoms with Crippen LogP contribution in [-0.4, -0.2) is 17.0 Å². The molecule has 1 aromatic carbocycles. The summed E-state index contributed by atoms with van der Waals surface area (Å²) in [5.74, 6) is 1.83. The van der Waals surface area contributed by atoms with Crippen molar-refractivity contribution in [1.29, 1.82) is 0 Å². The summed E-state index contributed by atoms with van der Waals surface area (Å²) in [5.41, 5.74) is 0.584. The monoisotopic (exact) mass is 352 g/mol. The standard InChI is InChI=1S/C15H18BrFN4/c1-15(2,3)14-20-12(18-4)8-13(21-14)19-11-6-5-9(17)7-10(11)16/h5-8H,1-4H3,(H2,18,19,20,21). The van der Waals surface area contributed by atoms with E-state index in [-0.39, 0.29) is 11.2 Å². The van der Waals surface area contributed by atoms with Gasteiger partial charge in [-0.25, -0.2) is 14.4 Å². The Kier molecular flexibility index (Phi) is 4.46. The maximum absolute atomic E-state index is 13.1. The molecule has 0 atom stereocenters. The molecule has 2 N–H and O–H groups in total. The lowest BCUT2D eigenvalue weighted by molar-refractivity contribution is 0.547. The van der Waals surface area contributed by atoms with Crippen molar-refractivity contribution in [2.45, 2.75) is 26.2 Å². The quantitative estimate of drug-likeness (QED) is 0.855. The van der Waals surface area contributed by atoms with Gasteiger partial charge in [-0.05, 0) is 34.1 Å². The Morgan fingerprint density at radius 3 is 2.33 bits per heavy atom. The van der Waals surface area contributed by atoms with E-state index in [0.717, 1.165) is 17.3 Å². The minimum absolute atomic E-state index is 0.163. The van der Waals surface area contributed by atoms with Crippen molar-refractivity contribution in [3.05, 3.63) is 40.4 Å². The van der Waals surface area contributed by atoms with Crippen LogP contribution in [0.3, 0.4) is 0 Å². The van der Waals surface area contributed by atoms with Crippen molar-refractivity contribution in [2.24, 2.45) is 0 Å². The molecular weight excluding hydrogens is 335 g/mol. The number of hydrogen-bond donors (Lipinski definition) is 2. The molecule has 1 heterocycles. The number of aromatic nitrogens is 2. The van der Waals surface area contributed by atoms with E-state index in [1.807, 2.05) is 13.1 Å². The van der Waals surface area contributed by atoms with Gasteiger partial charge >= 0.3 is 0 Å². The molecule has 0 aliphatic heterocycles. The molecule has 21 heavy (non-hydrogen) atoms. The van der Waals surface area contributed by atoms with E-state index in [1.165, 1.54) is 12.1 Å². The molecule has 0 fully saturated rings. The molecule has 0 saturated carbocycles. The second kappa shape index (κ2) is 5.97. The van der Waals surface area contributed by atoms with Gasteiger partial charge in [-0.3, -0.25) is 0 Å². The van der Waals surface area contributed by atoms with Crippen molar-refractivity contribution >= 4 is 33.3 Å². The number of halogens is 2. The van der Waals surface area contributed by atoms with Crippen LogP contribution >= 0.6 is 15.9 Å². The predicted molar refractivity (Wildman–Crippen MR) is 87.7 cm³/mol. The van der Waals surface area contributed by atoms with E-state index in [0.29, 0.717) is 10.3 Å². The van der Waals surface area contributed by atoms with Gasteiger partial charge in [0.25, 0.3) is 0 Å². The molecule has 0 bridgehead atoms. The highest BCUT2D eigenvalue weighted by Gasteiger charge is 2.19. The highest BCUT2D eigenvalue weighted by molar-refractivity contribution is 9.10. The molecule has 112 valence electrons. The Bertz CT molecular complexity index is 653. The lowest BCUT2D eigenvalue weighted by Crippen LogP contribution is -2.17. The summed E-state index contributed by atoms with van der Waals surface area (Å²) >= 11 is 3.34. The first-order chi connectivity index (χ1) is 9.79. The zero-order valence-corrected chi connectivity index (χ0v) is 14.0. The fourth-order valence-electron chi connectivity index (χ4n) is 1.70. The first kappa shape index (κ1) is 15.7. The highest BCUT2D eigenvalue weighted by Crippen LogP contribution is 2.28. The van der Waals surface area contributed by atoms with Gasteiger partial charge in [0.15, 0.2) is 0 Å². The van der Waals surface area contributed by atoms with Crippen LogP contribution in [0.1, 0.15) is 26.6 Å². The average Bonchev–Trinajstić information content (AvgIpc) is 2.40. The molecule has 0 amide bonds. The minimum Gasteiger partial charge on any atom is -0.373 e. The molecule has 0 aliphatic carbocycles. The molecule has 0 saturated heterocycles. The van der Waals surface area contributed by atoms with Crippen LogP contribution < -0.4 is 10.6 Å². The fraction of sp³-hybridized carbons (Fsp3) is 0.333. The van der Waals surface area contributed by atoms with E-state index in [9.17, 15) is 4.39 Å². The minimum atomic E-state index is -0.290. The van der Waals surface area contributed by atoms with Gasteiger partial charge in [-0.2, -0.15) is 0 Å². The van der Waals surface area contributed by atoms with Crippen LogP contribution in [0.2, 0.25) is 0 Å². The first-order valence-corrected chi connectivity index (χ1v) is 7.38. The smallest absolute Gasteiger partial charge is 0.138 e. The van der Waals surface area contributed by atoms with Gasteiger partial charge < -0.3 is 10.6 Å². The van der Waals surface area contributed by atoms with Crippen molar-refractivity contribution in [3.63, 3.8) is 0 Å². The maximum atomic E-state index is 13.1. The van der Waals surface area contributed by atoms with Gasteiger partial charge in [0.2, 0.25) is 0 Å². The Morgan fingerprint density at radius 2 is 1.76 bits per heavy atom. The number of anilines is 3. The van der Waals surface area contributed by atoms with Crippen LogP contribution in [0.25, 0.3) is 0 Å². The van der Waals surface area contributed by atoms with Crippen molar-refractivity contribution in [3.8, 4) is 0 Å². The van der Waals surface area contributed by atoms with Crippen LogP contribution in [0, 0.1) is 5.82 Å². The van der Waals surface area contributed by atoms with Gasteiger partial charge in [0, 0.05) is 23.0 Å². The third-order valence-corrected chi connectivity index (χ3v) is 3.50. The molecule has 0 radical (unpaired) electrons. The molecule has 0 spiro atoms. The summed E-state index contributed by atoms with van der Waals surface area (Å²) in [6, 6.07) is 6.29. The van der Waals surface area contributed by atoms with Gasteiger partial charge in [-0.15, -0.1) is 0 Å². The van der Waals surface area contributed by atoms with E-state index in [4.69, 9.17) is 0 Å². The van der Waals surface area contributed by atoms with Gasteiger partial charge in [0.1, 0.15) is 23.3 Å². The second-order valence-corrected chi connectivity index (χ2v) is 6.57. The molecule has 6 heteroatoms. The lowest BCUT2D eigenvalue weighted by Gasteiger charge is -2.19. The SMILES string of the molecule is CNc1cc(Nc2ccc(F)cc2Br)nc(C(C)(C)C)n1. The Balaban J connectivity index is 2.39. The van der Waals surface area contributed by atoms with Crippen LogP contribution in [0.5, 0.6) is 0 Å². The number of benzene rings is 1. The molecule has 1 aromatic heterocycles. The van der Waals surface area contributed by atoms with Crippen molar-refractivity contribution in [1.82, 2.24) is 9.97 Å². The number of nitrogens with zero attached hydrogens (tertiary/aromatic N) is 2. The molecular formula is C15H18BrFN4. The molecule has 4 nitrogen and oxygen atoms in total. The van der Waals surface area contributed by atoms with Gasteiger partial charge in [-0.1, -0.05) is 20.8 Å². The van der Waals surface area contributed by atoms with E-state index >= 15 is 0 Å². The van der Waals surface area contributed by atoms with Gasteiger partial charge in [0.05, 0.1) is 5.69 Å². The third-order valence-electron chi connectivity index (χ3n) is 2.85. The van der Waals surface area contributed by atoms with E-state index in [2.05, 4.69) is 57.3 Å². The summed E-state index contributed by atoms with van der Waals surface area (Å²) in [7, 11) is 1.81. The highest BCUT2D eigenvalue weighted by atomic mass is 79.9. The normalized spacial score (nSPS) is 11.3. The Hall–Kier alpha value is -1.69. The zero-order chi connectivity index (χ0) is 15.6. The first-order valence-electron chi connectivity index (χ1n) is 6.59. The molecule has 0 unspecified atom stereocenters. The molecule has 0 aliphatic rings. The summed E-state index contributed by atoms with van der Waals surface area (Å²) in [6.07, 6.45) is 0. The zero-order valence-electron chi connectivity index (χ0n) is 12.5. The van der Waals surface area contributed by atoms with Crippen molar-refractivity contribution in [2.75, 3.05) is 17.7 Å². The van der Waals surface area contributed by atoms with Crippen LogP contribution in [0.4, 0.5) is 21.7 Å². The second-order valence-electron chi connectivity index (χ2n) is 5.71. The largest absolute Gasteiger partial charge is 0.373 e. The number of rotatable bonds is 3. The van der Waals surface area contributed by atoms with Crippen LogP contribution in [0.15, 0.2) is 28.7 Å². The van der Waals surface area contributed by atoms with Crippen LogP contribution in [-0.2, 0) is 5.41 Å². The van der Waals surface area contributed by atoms with E-state index < -0.39 is 0 Å². The fourth-order valence-corrected chi connectivity index (χ4v) is 2.15. The summed E-state index contributed by atoms with van der Waals surface area (Å²) in [5, 5.41) is 6.21. The number of hydrogen-bond acceptors (Lipinski definition) is 4. The summed E-state index contributed by atoms with van der Waals surface area (Å²) < 4.78 is 13.8. The Labute approximate surface area is 132 Å². The summed E-state index contributed by atoms with van der Waals surface area (Å²) in [6.45, 7) is 6.16. The Morgan fingerprint density at radius 1 is 1.10 bits per heavy atom. The third kappa shape index (κ3) is 3.91. The van der Waals surface area contributed by atoms with E-state index in [1.54, 1.807) is 6.07 Å².